The summed E-state index contributed by atoms with van der Waals surface area (Å²) in [6.07, 6.45) is 2.26. The summed E-state index contributed by atoms with van der Waals surface area (Å²) in [6.45, 7) is 11.0. The first-order chi connectivity index (χ1) is 18.1. The number of carbonyl (C=O) groups is 2. The Balaban J connectivity index is 1.88. The summed E-state index contributed by atoms with van der Waals surface area (Å²) in [6, 6.07) is 25.9. The Morgan fingerprint density at radius 2 is 1.47 bits per heavy atom. The van der Waals surface area contributed by atoms with Crippen LogP contribution in [-0.2, 0) is 34.4 Å². The van der Waals surface area contributed by atoms with Crippen LogP contribution in [0, 0.1) is 0 Å². The Labute approximate surface area is 237 Å². The molecule has 0 saturated heterocycles. The largest absolute Gasteiger partial charge is 0.352 e. The Bertz CT molecular complexity index is 1170. The fraction of sp³-hybridized carbons (Fsp3) is 0.394. The van der Waals surface area contributed by atoms with Crippen molar-refractivity contribution in [2.45, 2.75) is 84.3 Å². The number of nitrogens with one attached hydrogen (secondary N) is 1. The second-order valence-electron chi connectivity index (χ2n) is 11.1. The fourth-order valence-corrected chi connectivity index (χ4v) is 4.61. The molecule has 0 aromatic heterocycles. The number of halogens is 1. The number of benzene rings is 3. The molecule has 3 aromatic carbocycles. The van der Waals surface area contributed by atoms with E-state index in [1.807, 2.05) is 68.4 Å². The van der Waals surface area contributed by atoms with E-state index in [1.54, 1.807) is 4.90 Å². The third kappa shape index (κ3) is 8.83. The van der Waals surface area contributed by atoms with Crippen molar-refractivity contribution < 1.29 is 9.59 Å². The highest BCUT2D eigenvalue weighted by Crippen LogP contribution is 2.23. The number of rotatable bonds is 11. The summed E-state index contributed by atoms with van der Waals surface area (Å²) in [4.78, 5) is 29.2. The van der Waals surface area contributed by atoms with Crippen molar-refractivity contribution in [1.82, 2.24) is 10.2 Å². The molecule has 3 rings (SSSR count). The van der Waals surface area contributed by atoms with Crippen LogP contribution in [0.25, 0.3) is 0 Å². The fourth-order valence-electron chi connectivity index (χ4n) is 4.35. The Kier molecular flexibility index (Phi) is 10.7. The molecule has 0 bridgehead atoms. The summed E-state index contributed by atoms with van der Waals surface area (Å²) in [5.41, 5.74) is 4.50. The van der Waals surface area contributed by atoms with E-state index in [9.17, 15) is 9.59 Å². The van der Waals surface area contributed by atoms with Gasteiger partial charge in [-0.3, -0.25) is 9.59 Å². The Hall–Kier alpha value is -2.92. The summed E-state index contributed by atoms with van der Waals surface area (Å²) < 4.78 is 0.980. The summed E-state index contributed by atoms with van der Waals surface area (Å²) in [5.74, 6) is -0.128. The molecule has 202 valence electrons. The summed E-state index contributed by atoms with van der Waals surface area (Å²) in [7, 11) is 0. The molecular weight excluding hydrogens is 536 g/mol. The lowest BCUT2D eigenvalue weighted by molar-refractivity contribution is -0.141. The molecule has 5 heteroatoms. The van der Waals surface area contributed by atoms with Gasteiger partial charge < -0.3 is 10.2 Å². The summed E-state index contributed by atoms with van der Waals surface area (Å²) in [5, 5.41) is 3.13. The van der Waals surface area contributed by atoms with Gasteiger partial charge in [-0.15, -0.1) is 0 Å². The molecule has 4 nitrogen and oxygen atoms in total. The quantitative estimate of drug-likeness (QED) is 0.261. The molecule has 38 heavy (non-hydrogen) atoms. The number of nitrogens with zero attached hydrogens (tertiary/aromatic N) is 1. The predicted octanol–water partition coefficient (Wildman–Crippen LogP) is 7.23. The maximum absolute atomic E-state index is 13.8. The van der Waals surface area contributed by atoms with Gasteiger partial charge in [-0.2, -0.15) is 0 Å². The van der Waals surface area contributed by atoms with E-state index in [0.29, 0.717) is 25.8 Å². The van der Waals surface area contributed by atoms with Crippen LogP contribution in [0.1, 0.15) is 69.7 Å². The van der Waals surface area contributed by atoms with Gasteiger partial charge in [-0.05, 0) is 59.6 Å². The van der Waals surface area contributed by atoms with Gasteiger partial charge in [0.25, 0.3) is 0 Å². The molecule has 0 spiro atoms. The minimum absolute atomic E-state index is 0.0203. The lowest BCUT2D eigenvalue weighted by Crippen LogP contribution is -2.52. The van der Waals surface area contributed by atoms with Crippen molar-refractivity contribution >= 4 is 27.7 Å². The highest BCUT2D eigenvalue weighted by molar-refractivity contribution is 9.10. The Morgan fingerprint density at radius 3 is 2.05 bits per heavy atom. The molecule has 0 aliphatic rings. The molecule has 2 atom stereocenters. The number of aryl methyl sites for hydroxylation is 1. The first-order valence-corrected chi connectivity index (χ1v) is 14.3. The molecule has 0 aliphatic carbocycles. The van der Waals surface area contributed by atoms with Gasteiger partial charge in [0, 0.05) is 29.9 Å². The zero-order valence-corrected chi connectivity index (χ0v) is 24.9. The first-order valence-electron chi connectivity index (χ1n) is 13.5. The van der Waals surface area contributed by atoms with Crippen LogP contribution in [0.4, 0.5) is 0 Å². The van der Waals surface area contributed by atoms with Crippen LogP contribution in [0.3, 0.4) is 0 Å². The molecule has 1 N–H and O–H groups in total. The van der Waals surface area contributed by atoms with E-state index in [0.717, 1.165) is 27.6 Å². The number of hydrogen-bond donors (Lipinski definition) is 1. The molecule has 0 saturated carbocycles. The third-order valence-corrected chi connectivity index (χ3v) is 7.51. The smallest absolute Gasteiger partial charge is 0.243 e. The van der Waals surface area contributed by atoms with Crippen LogP contribution in [0.15, 0.2) is 83.3 Å². The van der Waals surface area contributed by atoms with Crippen molar-refractivity contribution in [3.8, 4) is 0 Å². The minimum atomic E-state index is -0.606. The zero-order valence-electron chi connectivity index (χ0n) is 23.3. The SMILES string of the molecule is CC[C@@H](C)NC(=O)[C@@H](Cc1ccccc1)N(Cc1ccc(Br)cc1)C(=O)CCc1ccc(C(C)(C)C)cc1. The van der Waals surface area contributed by atoms with E-state index in [4.69, 9.17) is 0 Å². The average Bonchev–Trinajstić information content (AvgIpc) is 2.90. The summed E-state index contributed by atoms with van der Waals surface area (Å²) >= 11 is 3.50. The van der Waals surface area contributed by atoms with Crippen LogP contribution in [0.2, 0.25) is 0 Å². The van der Waals surface area contributed by atoms with Gasteiger partial charge in [0.1, 0.15) is 6.04 Å². The molecular formula is C33H41BrN2O2. The van der Waals surface area contributed by atoms with Crippen molar-refractivity contribution in [3.63, 3.8) is 0 Å². The normalized spacial score (nSPS) is 13.0. The lowest BCUT2D eigenvalue weighted by Gasteiger charge is -2.32. The minimum Gasteiger partial charge on any atom is -0.352 e. The topological polar surface area (TPSA) is 49.4 Å². The highest BCUT2D eigenvalue weighted by Gasteiger charge is 2.30. The molecule has 3 aromatic rings. The number of amides is 2. The first kappa shape index (κ1) is 29.6. The maximum Gasteiger partial charge on any atom is 0.243 e. The molecule has 0 fully saturated rings. The van der Waals surface area contributed by atoms with Crippen molar-refractivity contribution in [3.05, 3.63) is 106 Å². The van der Waals surface area contributed by atoms with Gasteiger partial charge in [0.05, 0.1) is 0 Å². The molecule has 0 radical (unpaired) electrons. The standard InChI is InChI=1S/C33H41BrN2O2/c1-6-24(2)35-32(38)30(22-26-10-8-7-9-11-26)36(23-27-14-19-29(34)20-15-27)31(37)21-16-25-12-17-28(18-13-25)33(3,4)5/h7-15,17-20,24,30H,6,16,21-23H2,1-5H3,(H,35,38)/t24-,30-/m1/s1. The van der Waals surface area contributed by atoms with Gasteiger partial charge >= 0.3 is 0 Å². The molecule has 0 aliphatic heterocycles. The third-order valence-electron chi connectivity index (χ3n) is 6.99. The predicted molar refractivity (Wildman–Crippen MR) is 160 cm³/mol. The number of hydrogen-bond acceptors (Lipinski definition) is 2. The lowest BCUT2D eigenvalue weighted by atomic mass is 9.86. The van der Waals surface area contributed by atoms with Crippen molar-refractivity contribution in [2.24, 2.45) is 0 Å². The second-order valence-corrected chi connectivity index (χ2v) is 12.0. The van der Waals surface area contributed by atoms with Crippen LogP contribution < -0.4 is 5.32 Å². The van der Waals surface area contributed by atoms with Crippen molar-refractivity contribution in [2.75, 3.05) is 0 Å². The van der Waals surface area contributed by atoms with Gasteiger partial charge in [-0.1, -0.05) is 110 Å². The van der Waals surface area contributed by atoms with Gasteiger partial charge in [0.2, 0.25) is 11.8 Å². The van der Waals surface area contributed by atoms with Crippen molar-refractivity contribution in [1.29, 1.82) is 0 Å². The molecule has 2 amide bonds. The molecule has 0 heterocycles. The maximum atomic E-state index is 13.8. The van der Waals surface area contributed by atoms with Crippen LogP contribution in [-0.4, -0.2) is 28.8 Å². The van der Waals surface area contributed by atoms with Crippen LogP contribution >= 0.6 is 15.9 Å². The van der Waals surface area contributed by atoms with Crippen LogP contribution in [0.5, 0.6) is 0 Å². The molecule has 0 unspecified atom stereocenters. The van der Waals surface area contributed by atoms with E-state index in [2.05, 4.69) is 66.3 Å². The second kappa shape index (κ2) is 13.7. The van der Waals surface area contributed by atoms with Gasteiger partial charge in [-0.25, -0.2) is 0 Å². The number of carbonyl (C=O) groups excluding carboxylic acids is 2. The van der Waals surface area contributed by atoms with E-state index < -0.39 is 6.04 Å². The zero-order chi connectivity index (χ0) is 27.7. The van der Waals surface area contributed by atoms with E-state index in [-0.39, 0.29) is 23.3 Å². The Morgan fingerprint density at radius 1 is 0.868 bits per heavy atom. The monoisotopic (exact) mass is 576 g/mol. The highest BCUT2D eigenvalue weighted by atomic mass is 79.9. The van der Waals surface area contributed by atoms with E-state index >= 15 is 0 Å². The average molecular weight is 578 g/mol. The van der Waals surface area contributed by atoms with E-state index in [1.165, 1.54) is 5.56 Å². The van der Waals surface area contributed by atoms with Gasteiger partial charge in [0.15, 0.2) is 0 Å².